The highest BCUT2D eigenvalue weighted by molar-refractivity contribution is 5.99. The van der Waals surface area contributed by atoms with Crippen LogP contribution in [0.3, 0.4) is 0 Å². The molecular formula is C26H28N2O4. The smallest absolute Gasteiger partial charge is 0.331 e. The fourth-order valence-electron chi connectivity index (χ4n) is 3.30. The molecule has 0 unspecified atom stereocenters. The maximum atomic E-state index is 12.2. The number of carbonyl (C=O) groups excluding carboxylic acids is 2. The quantitative estimate of drug-likeness (QED) is 0.279. The van der Waals surface area contributed by atoms with Gasteiger partial charge in [0.25, 0.3) is 0 Å². The lowest BCUT2D eigenvalue weighted by molar-refractivity contribution is -0.136. The summed E-state index contributed by atoms with van der Waals surface area (Å²) < 4.78 is 12.4. The number of aromatic nitrogens is 2. The van der Waals surface area contributed by atoms with Crippen molar-refractivity contribution >= 4 is 17.8 Å². The Hall–Kier alpha value is -3.67. The van der Waals surface area contributed by atoms with E-state index >= 15 is 0 Å². The van der Waals surface area contributed by atoms with E-state index in [0.29, 0.717) is 24.5 Å². The Balaban J connectivity index is 1.58. The number of hydrogen-bond acceptors (Lipinski definition) is 5. The van der Waals surface area contributed by atoms with Crippen molar-refractivity contribution in [1.29, 1.82) is 0 Å². The minimum Gasteiger partial charge on any atom is -0.494 e. The largest absolute Gasteiger partial charge is 0.494 e. The summed E-state index contributed by atoms with van der Waals surface area (Å²) in [4.78, 5) is 24.4. The predicted octanol–water partition coefficient (Wildman–Crippen LogP) is 4.69. The number of hydrogen-bond donors (Lipinski definition) is 0. The first-order valence-corrected chi connectivity index (χ1v) is 10.6. The van der Waals surface area contributed by atoms with Crippen LogP contribution in [0.2, 0.25) is 0 Å². The molecule has 166 valence electrons. The Bertz CT molecular complexity index is 1110. The molecule has 3 aromatic rings. The highest BCUT2D eigenvalue weighted by atomic mass is 16.5. The molecule has 6 heteroatoms. The molecule has 3 rings (SSSR count). The van der Waals surface area contributed by atoms with Crippen LogP contribution in [0.5, 0.6) is 5.75 Å². The highest BCUT2D eigenvalue weighted by Crippen LogP contribution is 2.17. The molecule has 0 atom stereocenters. The summed E-state index contributed by atoms with van der Waals surface area (Å²) in [5.41, 5.74) is 5.48. The van der Waals surface area contributed by atoms with Crippen molar-refractivity contribution in [3.8, 4) is 5.75 Å². The summed E-state index contributed by atoms with van der Waals surface area (Å²) in [7, 11) is 0. The lowest BCUT2D eigenvalue weighted by Crippen LogP contribution is -2.12. The zero-order valence-electron chi connectivity index (χ0n) is 18.9. The van der Waals surface area contributed by atoms with Gasteiger partial charge in [0.05, 0.1) is 18.8 Å². The number of nitrogens with zero attached hydrogens (tertiary/aromatic N) is 2. The summed E-state index contributed by atoms with van der Waals surface area (Å²) >= 11 is 0. The average Bonchev–Trinajstić information content (AvgIpc) is 3.05. The molecule has 0 saturated carbocycles. The SMILES string of the molecule is CCOc1ccc(C(=O)COC(=O)/C=C/c2c(C)nn(Cc3ccc(C)cc3)c2C)cc1. The third-order valence-electron chi connectivity index (χ3n) is 5.11. The summed E-state index contributed by atoms with van der Waals surface area (Å²) in [6.07, 6.45) is 3.02. The van der Waals surface area contributed by atoms with Gasteiger partial charge in [0.1, 0.15) is 5.75 Å². The highest BCUT2D eigenvalue weighted by Gasteiger charge is 2.12. The van der Waals surface area contributed by atoms with Crippen molar-refractivity contribution in [2.75, 3.05) is 13.2 Å². The number of rotatable bonds is 9. The van der Waals surface area contributed by atoms with Gasteiger partial charge in [0.2, 0.25) is 0 Å². The second-order valence-corrected chi connectivity index (χ2v) is 7.55. The maximum Gasteiger partial charge on any atom is 0.331 e. The Kier molecular flexibility index (Phi) is 7.60. The molecule has 32 heavy (non-hydrogen) atoms. The van der Waals surface area contributed by atoms with Crippen LogP contribution in [0.4, 0.5) is 0 Å². The van der Waals surface area contributed by atoms with Crippen LogP contribution in [0, 0.1) is 20.8 Å². The molecule has 0 aliphatic heterocycles. The second-order valence-electron chi connectivity index (χ2n) is 7.55. The minimum atomic E-state index is -0.575. The molecule has 0 N–H and O–H groups in total. The van der Waals surface area contributed by atoms with Crippen LogP contribution in [-0.4, -0.2) is 34.7 Å². The van der Waals surface area contributed by atoms with Crippen molar-refractivity contribution in [3.05, 3.63) is 88.2 Å². The van der Waals surface area contributed by atoms with Gasteiger partial charge in [-0.15, -0.1) is 0 Å². The van der Waals surface area contributed by atoms with E-state index in [1.54, 1.807) is 30.3 Å². The molecule has 0 amide bonds. The Morgan fingerprint density at radius 1 is 1.00 bits per heavy atom. The molecular weight excluding hydrogens is 404 g/mol. The standard InChI is InChI=1S/C26H28N2O4/c1-5-31-23-12-10-22(11-13-23)25(29)17-32-26(30)15-14-24-19(3)27-28(20(24)4)16-21-8-6-18(2)7-9-21/h6-15H,5,16-17H2,1-4H3/b15-14+. The second kappa shape index (κ2) is 10.6. The molecule has 0 fully saturated rings. The van der Waals surface area contributed by atoms with Crippen LogP contribution < -0.4 is 4.74 Å². The Morgan fingerprint density at radius 2 is 1.69 bits per heavy atom. The molecule has 1 aromatic heterocycles. The van der Waals surface area contributed by atoms with Crippen molar-refractivity contribution < 1.29 is 19.1 Å². The van der Waals surface area contributed by atoms with E-state index in [0.717, 1.165) is 22.5 Å². The van der Waals surface area contributed by atoms with Gasteiger partial charge in [-0.05, 0) is 63.6 Å². The number of benzene rings is 2. The monoisotopic (exact) mass is 432 g/mol. The van der Waals surface area contributed by atoms with Gasteiger partial charge in [-0.25, -0.2) is 4.79 Å². The summed E-state index contributed by atoms with van der Waals surface area (Å²) in [6.45, 7) is 8.71. The predicted molar refractivity (Wildman–Crippen MR) is 124 cm³/mol. The van der Waals surface area contributed by atoms with Gasteiger partial charge in [-0.3, -0.25) is 9.48 Å². The Labute approximate surface area is 188 Å². The number of ether oxygens (including phenoxy) is 2. The molecule has 0 saturated heterocycles. The van der Waals surface area contributed by atoms with E-state index in [9.17, 15) is 9.59 Å². The first-order chi connectivity index (χ1) is 15.4. The molecule has 1 heterocycles. The third-order valence-corrected chi connectivity index (χ3v) is 5.11. The molecule has 2 aromatic carbocycles. The van der Waals surface area contributed by atoms with Crippen molar-refractivity contribution in [2.24, 2.45) is 0 Å². The fraction of sp³-hybridized carbons (Fsp3) is 0.269. The van der Waals surface area contributed by atoms with Crippen molar-refractivity contribution in [3.63, 3.8) is 0 Å². The van der Waals surface area contributed by atoms with E-state index in [1.807, 2.05) is 25.5 Å². The lowest BCUT2D eigenvalue weighted by Gasteiger charge is -2.05. The zero-order valence-corrected chi connectivity index (χ0v) is 18.9. The van der Waals surface area contributed by atoms with Crippen molar-refractivity contribution in [2.45, 2.75) is 34.2 Å². The van der Waals surface area contributed by atoms with Gasteiger partial charge < -0.3 is 9.47 Å². The van der Waals surface area contributed by atoms with E-state index in [2.05, 4.69) is 36.3 Å². The zero-order chi connectivity index (χ0) is 23.1. The van der Waals surface area contributed by atoms with Crippen LogP contribution >= 0.6 is 0 Å². The third kappa shape index (κ3) is 5.94. The van der Waals surface area contributed by atoms with Crippen LogP contribution in [0.15, 0.2) is 54.6 Å². The molecule has 0 bridgehead atoms. The summed E-state index contributed by atoms with van der Waals surface area (Å²) in [5, 5.41) is 4.59. The first-order valence-electron chi connectivity index (χ1n) is 10.6. The fourth-order valence-corrected chi connectivity index (χ4v) is 3.30. The molecule has 0 radical (unpaired) electrons. The van der Waals surface area contributed by atoms with Crippen LogP contribution in [0.1, 0.15) is 45.4 Å². The molecule has 0 aliphatic rings. The van der Waals surface area contributed by atoms with Gasteiger partial charge >= 0.3 is 5.97 Å². The minimum absolute atomic E-state index is 0.270. The van der Waals surface area contributed by atoms with Gasteiger partial charge in [-0.2, -0.15) is 5.10 Å². The van der Waals surface area contributed by atoms with Gasteiger partial charge in [-0.1, -0.05) is 29.8 Å². The Morgan fingerprint density at radius 3 is 2.34 bits per heavy atom. The normalized spacial score (nSPS) is 11.0. The number of esters is 1. The summed E-state index contributed by atoms with van der Waals surface area (Å²) in [6, 6.07) is 15.1. The van der Waals surface area contributed by atoms with Crippen molar-refractivity contribution in [1.82, 2.24) is 9.78 Å². The number of carbonyl (C=O) groups is 2. The van der Waals surface area contributed by atoms with E-state index in [4.69, 9.17) is 9.47 Å². The van der Waals surface area contributed by atoms with E-state index in [-0.39, 0.29) is 12.4 Å². The van der Waals surface area contributed by atoms with Crippen LogP contribution in [0.25, 0.3) is 6.08 Å². The topological polar surface area (TPSA) is 70.4 Å². The van der Waals surface area contributed by atoms with E-state index in [1.165, 1.54) is 11.6 Å². The van der Waals surface area contributed by atoms with Crippen LogP contribution in [-0.2, 0) is 16.1 Å². The first kappa shape index (κ1) is 23.0. The average molecular weight is 433 g/mol. The summed E-state index contributed by atoms with van der Waals surface area (Å²) in [5.74, 6) is -0.153. The van der Waals surface area contributed by atoms with Gasteiger partial charge in [0.15, 0.2) is 12.4 Å². The number of aryl methyl sites for hydroxylation is 2. The van der Waals surface area contributed by atoms with Gasteiger partial charge in [0, 0.05) is 22.9 Å². The molecule has 6 nitrogen and oxygen atoms in total. The lowest BCUT2D eigenvalue weighted by atomic mass is 10.1. The molecule has 0 aliphatic carbocycles. The number of ketones is 1. The van der Waals surface area contributed by atoms with E-state index < -0.39 is 5.97 Å². The molecule has 0 spiro atoms. The number of Topliss-reactive ketones (excluding diaryl/α,β-unsaturated/α-hetero) is 1. The maximum absolute atomic E-state index is 12.2.